The zero-order chi connectivity index (χ0) is 18.8. The number of halogens is 3. The number of hydrogen-bond donors (Lipinski definition) is 2. The summed E-state index contributed by atoms with van der Waals surface area (Å²) in [4.78, 5) is 29.8. The maximum Gasteiger partial charge on any atom is 0.451 e. The van der Waals surface area contributed by atoms with Crippen molar-refractivity contribution in [3.05, 3.63) is 58.7 Å². The Morgan fingerprint density at radius 2 is 1.60 bits per heavy atom. The number of aliphatic carboxylic acids is 1. The lowest BCUT2D eigenvalue weighted by Gasteiger charge is -2.16. The molecule has 0 saturated carbocycles. The van der Waals surface area contributed by atoms with Crippen LogP contribution in [0.25, 0.3) is 0 Å². The maximum atomic E-state index is 12.4. The number of benzene rings is 1. The van der Waals surface area contributed by atoms with Gasteiger partial charge < -0.3 is 10.4 Å². The molecule has 2 rings (SSSR count). The van der Waals surface area contributed by atoms with Crippen LogP contribution in [0.15, 0.2) is 30.6 Å². The molecule has 25 heavy (non-hydrogen) atoms. The van der Waals surface area contributed by atoms with Crippen LogP contribution in [0.3, 0.4) is 0 Å². The van der Waals surface area contributed by atoms with E-state index in [1.807, 2.05) is 6.07 Å². The number of alkyl halides is 3. The van der Waals surface area contributed by atoms with Gasteiger partial charge in [-0.3, -0.25) is 4.79 Å². The second-order valence-electron chi connectivity index (χ2n) is 5.46. The molecule has 1 amide bonds. The molecule has 6 nitrogen and oxygen atoms in total. The van der Waals surface area contributed by atoms with E-state index in [0.29, 0.717) is 18.0 Å². The van der Waals surface area contributed by atoms with Gasteiger partial charge in [-0.05, 0) is 19.4 Å². The van der Waals surface area contributed by atoms with Crippen molar-refractivity contribution in [3.63, 3.8) is 0 Å². The number of nitrogens with zero attached hydrogens (tertiary/aromatic N) is 2. The monoisotopic (exact) mass is 353 g/mol. The van der Waals surface area contributed by atoms with Gasteiger partial charge in [0.1, 0.15) is 0 Å². The first-order valence-electron chi connectivity index (χ1n) is 7.09. The summed E-state index contributed by atoms with van der Waals surface area (Å²) in [7, 11) is 0. The third kappa shape index (κ3) is 4.52. The van der Waals surface area contributed by atoms with Crippen LogP contribution >= 0.6 is 0 Å². The normalized spacial score (nSPS) is 12.5. The van der Waals surface area contributed by atoms with E-state index < -0.39 is 29.9 Å². The molecule has 1 unspecified atom stereocenters. The van der Waals surface area contributed by atoms with E-state index in [-0.39, 0.29) is 5.56 Å². The SMILES string of the molecule is Cc1cc(C)cc(C(NC(=O)c2cnc(C(F)(F)F)nc2)C(=O)O)c1. The molecule has 0 aliphatic heterocycles. The summed E-state index contributed by atoms with van der Waals surface area (Å²) in [5.41, 5.74) is 1.71. The molecule has 2 N–H and O–H groups in total. The Kier molecular flexibility index (Phi) is 5.05. The molecule has 0 bridgehead atoms. The van der Waals surface area contributed by atoms with E-state index in [1.165, 1.54) is 0 Å². The highest BCUT2D eigenvalue weighted by Crippen LogP contribution is 2.25. The fourth-order valence-corrected chi connectivity index (χ4v) is 2.27. The van der Waals surface area contributed by atoms with Crippen LogP contribution in [0.5, 0.6) is 0 Å². The highest BCUT2D eigenvalue weighted by Gasteiger charge is 2.34. The highest BCUT2D eigenvalue weighted by atomic mass is 19.4. The predicted molar refractivity (Wildman–Crippen MR) is 80.8 cm³/mol. The third-order valence-corrected chi connectivity index (χ3v) is 3.27. The predicted octanol–water partition coefficient (Wildman–Crippen LogP) is 2.67. The number of amides is 1. The second-order valence-corrected chi connectivity index (χ2v) is 5.46. The first kappa shape index (κ1) is 18.4. The Morgan fingerprint density at radius 1 is 1.08 bits per heavy atom. The van der Waals surface area contributed by atoms with Crippen molar-refractivity contribution in [1.82, 2.24) is 15.3 Å². The Labute approximate surface area is 140 Å². The zero-order valence-electron chi connectivity index (χ0n) is 13.3. The number of hydrogen-bond acceptors (Lipinski definition) is 4. The minimum absolute atomic E-state index is 0.274. The fraction of sp³-hybridized carbons (Fsp3) is 0.250. The average Bonchev–Trinajstić information content (AvgIpc) is 2.50. The van der Waals surface area contributed by atoms with Gasteiger partial charge in [0.2, 0.25) is 5.82 Å². The molecule has 2 aromatic rings. The molecule has 132 valence electrons. The van der Waals surface area contributed by atoms with Crippen molar-refractivity contribution in [2.45, 2.75) is 26.1 Å². The lowest BCUT2D eigenvalue weighted by Crippen LogP contribution is -2.34. The molecule has 1 aromatic heterocycles. The Balaban J connectivity index is 2.25. The van der Waals surface area contributed by atoms with Crippen LogP contribution in [0.2, 0.25) is 0 Å². The zero-order valence-corrected chi connectivity index (χ0v) is 13.3. The van der Waals surface area contributed by atoms with Crippen LogP contribution in [-0.2, 0) is 11.0 Å². The van der Waals surface area contributed by atoms with Crippen molar-refractivity contribution < 1.29 is 27.9 Å². The standard InChI is InChI=1S/C16H14F3N3O3/c1-8-3-9(2)5-10(4-8)12(14(24)25)22-13(23)11-6-20-15(21-7-11)16(17,18)19/h3-7,12H,1-2H3,(H,22,23)(H,24,25). The molecule has 1 heterocycles. The molecular weight excluding hydrogens is 339 g/mol. The summed E-state index contributed by atoms with van der Waals surface area (Å²) in [5.74, 6) is -3.57. The van der Waals surface area contributed by atoms with E-state index in [1.54, 1.807) is 26.0 Å². The molecule has 1 aromatic carbocycles. The Hall–Kier alpha value is -2.97. The average molecular weight is 353 g/mol. The van der Waals surface area contributed by atoms with Gasteiger partial charge in [0.15, 0.2) is 6.04 Å². The largest absolute Gasteiger partial charge is 0.479 e. The topological polar surface area (TPSA) is 92.2 Å². The smallest absolute Gasteiger partial charge is 0.451 e. The number of carbonyl (C=O) groups is 2. The maximum absolute atomic E-state index is 12.4. The van der Waals surface area contributed by atoms with Gasteiger partial charge in [0.25, 0.3) is 5.91 Å². The van der Waals surface area contributed by atoms with Crippen LogP contribution in [-0.4, -0.2) is 27.0 Å². The number of aryl methyl sites for hydroxylation is 2. The second kappa shape index (κ2) is 6.88. The summed E-state index contributed by atoms with van der Waals surface area (Å²) < 4.78 is 37.3. The van der Waals surface area contributed by atoms with E-state index in [0.717, 1.165) is 11.1 Å². The molecular formula is C16H14F3N3O3. The number of carboxylic acid groups (broad SMARTS) is 1. The quantitative estimate of drug-likeness (QED) is 0.882. The molecule has 0 aliphatic rings. The van der Waals surface area contributed by atoms with Crippen molar-refractivity contribution >= 4 is 11.9 Å². The lowest BCUT2D eigenvalue weighted by molar-refractivity contribution is -0.145. The first-order valence-corrected chi connectivity index (χ1v) is 7.09. The van der Waals surface area contributed by atoms with Crippen LogP contribution in [0.4, 0.5) is 13.2 Å². The number of rotatable bonds is 4. The van der Waals surface area contributed by atoms with Gasteiger partial charge in [0.05, 0.1) is 5.56 Å². The Bertz CT molecular complexity index is 784. The number of nitrogens with one attached hydrogen (secondary N) is 1. The molecule has 0 radical (unpaired) electrons. The number of carbonyl (C=O) groups excluding carboxylic acids is 1. The van der Waals surface area contributed by atoms with Gasteiger partial charge in [-0.2, -0.15) is 13.2 Å². The molecule has 0 fully saturated rings. The van der Waals surface area contributed by atoms with Crippen molar-refractivity contribution in [2.24, 2.45) is 0 Å². The van der Waals surface area contributed by atoms with E-state index in [4.69, 9.17) is 0 Å². The first-order chi connectivity index (χ1) is 11.6. The third-order valence-electron chi connectivity index (χ3n) is 3.27. The van der Waals surface area contributed by atoms with E-state index >= 15 is 0 Å². The molecule has 9 heteroatoms. The summed E-state index contributed by atoms with van der Waals surface area (Å²) in [6, 6.07) is 3.70. The van der Waals surface area contributed by atoms with Gasteiger partial charge >= 0.3 is 12.1 Å². The summed E-state index contributed by atoms with van der Waals surface area (Å²) in [6.07, 6.45) is -3.32. The minimum atomic E-state index is -4.72. The van der Waals surface area contributed by atoms with Gasteiger partial charge in [0, 0.05) is 12.4 Å². The number of aromatic nitrogens is 2. The van der Waals surface area contributed by atoms with Crippen LogP contribution in [0.1, 0.15) is 38.9 Å². The summed E-state index contributed by atoms with van der Waals surface area (Å²) in [6.45, 7) is 3.56. The van der Waals surface area contributed by atoms with Gasteiger partial charge in [-0.1, -0.05) is 29.3 Å². The van der Waals surface area contributed by atoms with Crippen molar-refractivity contribution in [1.29, 1.82) is 0 Å². The Morgan fingerprint density at radius 3 is 2.04 bits per heavy atom. The fourth-order valence-electron chi connectivity index (χ4n) is 2.27. The van der Waals surface area contributed by atoms with E-state index in [2.05, 4.69) is 15.3 Å². The molecule has 1 atom stereocenters. The lowest BCUT2D eigenvalue weighted by atomic mass is 10.0. The number of carboxylic acids is 1. The molecule has 0 saturated heterocycles. The molecule has 0 spiro atoms. The van der Waals surface area contributed by atoms with Crippen molar-refractivity contribution in [3.8, 4) is 0 Å². The molecule has 0 aliphatic carbocycles. The summed E-state index contributed by atoms with van der Waals surface area (Å²) in [5, 5.41) is 11.6. The summed E-state index contributed by atoms with van der Waals surface area (Å²) >= 11 is 0. The minimum Gasteiger partial charge on any atom is -0.479 e. The van der Waals surface area contributed by atoms with Gasteiger partial charge in [-0.15, -0.1) is 0 Å². The highest BCUT2D eigenvalue weighted by molar-refractivity contribution is 5.96. The van der Waals surface area contributed by atoms with Gasteiger partial charge in [-0.25, -0.2) is 14.8 Å². The van der Waals surface area contributed by atoms with Crippen LogP contribution in [0, 0.1) is 13.8 Å². The van der Waals surface area contributed by atoms with Crippen molar-refractivity contribution in [2.75, 3.05) is 0 Å². The van der Waals surface area contributed by atoms with E-state index in [9.17, 15) is 27.9 Å². The van der Waals surface area contributed by atoms with Crippen LogP contribution < -0.4 is 5.32 Å².